The number of hydrogen-bond donors (Lipinski definition) is 1. The Hall–Kier alpha value is -2.84. The first-order valence-corrected chi connectivity index (χ1v) is 12.0. The van der Waals surface area contributed by atoms with E-state index in [-0.39, 0.29) is 12.0 Å². The summed E-state index contributed by atoms with van der Waals surface area (Å²) in [6.07, 6.45) is 1.55. The average molecular weight is 463 g/mol. The lowest BCUT2D eigenvalue weighted by Crippen LogP contribution is -2.40. The van der Waals surface area contributed by atoms with Crippen LogP contribution in [0.1, 0.15) is 31.4 Å². The molecule has 1 N–H and O–H groups in total. The van der Waals surface area contributed by atoms with Crippen molar-refractivity contribution in [2.75, 3.05) is 0 Å². The third-order valence-corrected chi connectivity index (χ3v) is 7.08. The molecule has 33 heavy (non-hydrogen) atoms. The van der Waals surface area contributed by atoms with Gasteiger partial charge in [0.05, 0.1) is 23.8 Å². The van der Waals surface area contributed by atoms with E-state index in [4.69, 9.17) is 14.2 Å². The number of aliphatic hydroxyl groups is 1. The van der Waals surface area contributed by atoms with E-state index < -0.39 is 11.9 Å². The van der Waals surface area contributed by atoms with Gasteiger partial charge in [-0.15, -0.1) is 11.3 Å². The molecule has 6 nitrogen and oxygen atoms in total. The molecule has 3 heterocycles. The number of hydrogen-bond acceptors (Lipinski definition) is 7. The van der Waals surface area contributed by atoms with Crippen molar-refractivity contribution in [3.63, 3.8) is 0 Å². The van der Waals surface area contributed by atoms with Gasteiger partial charge in [-0.05, 0) is 24.1 Å². The van der Waals surface area contributed by atoms with Crippen molar-refractivity contribution < 1.29 is 19.3 Å². The summed E-state index contributed by atoms with van der Waals surface area (Å²) in [5, 5.41) is 13.8. The summed E-state index contributed by atoms with van der Waals surface area (Å²) in [5.41, 5.74) is 2.24. The lowest BCUT2D eigenvalue weighted by molar-refractivity contribution is -0.247. The van der Waals surface area contributed by atoms with Crippen LogP contribution in [0.2, 0.25) is 0 Å². The van der Waals surface area contributed by atoms with Gasteiger partial charge in [-0.3, -0.25) is 0 Å². The van der Waals surface area contributed by atoms with E-state index in [2.05, 4.69) is 23.8 Å². The Morgan fingerprint density at radius 3 is 2.52 bits per heavy atom. The van der Waals surface area contributed by atoms with E-state index in [0.29, 0.717) is 29.3 Å². The molecule has 1 fully saturated rings. The standard InChI is InChI=1S/C26H26N2O4S/c1-3-21-17(2)24(30-14-18-10-6-4-7-11-18)26(29,32-21)20-15-33-23-22(20)27-16-28-25(23)31-19-12-8-5-9-13-19/h4-13,15-17,21,24,29H,3,14H2,1-2H3/t17-,21-,24-,26?/m1/s1. The number of ether oxygens (including phenoxy) is 3. The Morgan fingerprint density at radius 1 is 1.06 bits per heavy atom. The fourth-order valence-electron chi connectivity index (χ4n) is 4.41. The summed E-state index contributed by atoms with van der Waals surface area (Å²) >= 11 is 1.43. The monoisotopic (exact) mass is 462 g/mol. The predicted molar refractivity (Wildman–Crippen MR) is 127 cm³/mol. The molecule has 5 rings (SSSR count). The van der Waals surface area contributed by atoms with Crippen LogP contribution in [0.4, 0.5) is 0 Å². The molecule has 4 atom stereocenters. The van der Waals surface area contributed by atoms with Crippen LogP contribution in [0.3, 0.4) is 0 Å². The van der Waals surface area contributed by atoms with Gasteiger partial charge in [-0.1, -0.05) is 62.4 Å². The van der Waals surface area contributed by atoms with E-state index in [9.17, 15) is 5.11 Å². The summed E-state index contributed by atoms with van der Waals surface area (Å²) in [7, 11) is 0. The number of rotatable bonds is 7. The highest BCUT2D eigenvalue weighted by molar-refractivity contribution is 7.17. The lowest BCUT2D eigenvalue weighted by Gasteiger charge is -2.29. The van der Waals surface area contributed by atoms with E-state index >= 15 is 0 Å². The van der Waals surface area contributed by atoms with Gasteiger partial charge >= 0.3 is 0 Å². The van der Waals surface area contributed by atoms with Crippen molar-refractivity contribution in [3.8, 4) is 11.6 Å². The van der Waals surface area contributed by atoms with Gasteiger partial charge in [0.25, 0.3) is 0 Å². The summed E-state index contributed by atoms with van der Waals surface area (Å²) in [6.45, 7) is 4.51. The zero-order valence-electron chi connectivity index (χ0n) is 18.5. The topological polar surface area (TPSA) is 73.7 Å². The first kappa shape index (κ1) is 22.0. The Kier molecular flexibility index (Phi) is 6.12. The van der Waals surface area contributed by atoms with E-state index in [1.165, 1.54) is 17.7 Å². The minimum absolute atomic E-state index is 0.000499. The Balaban J connectivity index is 1.50. The van der Waals surface area contributed by atoms with Crippen LogP contribution < -0.4 is 4.74 Å². The maximum atomic E-state index is 11.9. The van der Waals surface area contributed by atoms with E-state index in [1.54, 1.807) is 0 Å². The van der Waals surface area contributed by atoms with Gasteiger partial charge in [-0.25, -0.2) is 9.97 Å². The van der Waals surface area contributed by atoms with Gasteiger partial charge in [0.1, 0.15) is 22.9 Å². The van der Waals surface area contributed by atoms with Gasteiger partial charge < -0.3 is 19.3 Å². The molecule has 0 saturated carbocycles. The molecule has 1 unspecified atom stereocenters. The number of fused-ring (bicyclic) bond motifs is 1. The van der Waals surface area contributed by atoms with Gasteiger partial charge in [0, 0.05) is 11.3 Å². The maximum Gasteiger partial charge on any atom is 0.240 e. The molecule has 2 aromatic carbocycles. The summed E-state index contributed by atoms with van der Waals surface area (Å²) in [5.74, 6) is -0.482. The van der Waals surface area contributed by atoms with Crippen LogP contribution in [0.15, 0.2) is 72.4 Å². The number of thiophene rings is 1. The number of benzene rings is 2. The average Bonchev–Trinajstić information content (AvgIpc) is 3.39. The maximum absolute atomic E-state index is 11.9. The quantitative estimate of drug-likeness (QED) is 0.382. The smallest absolute Gasteiger partial charge is 0.240 e. The van der Waals surface area contributed by atoms with Crippen molar-refractivity contribution in [2.24, 2.45) is 5.92 Å². The highest BCUT2D eigenvalue weighted by Gasteiger charge is 2.55. The largest absolute Gasteiger partial charge is 0.437 e. The Bertz CT molecular complexity index is 1220. The van der Waals surface area contributed by atoms with Gasteiger partial charge in [0.15, 0.2) is 0 Å². The van der Waals surface area contributed by atoms with Crippen LogP contribution in [-0.4, -0.2) is 27.3 Å². The molecular weight excluding hydrogens is 436 g/mol. The molecule has 4 aromatic rings. The molecule has 7 heteroatoms. The van der Waals surface area contributed by atoms with Crippen LogP contribution >= 0.6 is 11.3 Å². The van der Waals surface area contributed by atoms with Crippen LogP contribution in [0.25, 0.3) is 10.2 Å². The second-order valence-corrected chi connectivity index (χ2v) is 9.14. The van der Waals surface area contributed by atoms with Crippen molar-refractivity contribution in [1.82, 2.24) is 9.97 Å². The molecular formula is C26H26N2O4S. The zero-order valence-corrected chi connectivity index (χ0v) is 19.4. The summed E-state index contributed by atoms with van der Waals surface area (Å²) in [6, 6.07) is 19.4. The fraction of sp³-hybridized carbons (Fsp3) is 0.308. The summed E-state index contributed by atoms with van der Waals surface area (Å²) in [4.78, 5) is 8.81. The van der Waals surface area contributed by atoms with Crippen molar-refractivity contribution in [3.05, 3.63) is 83.5 Å². The molecule has 1 aliphatic heterocycles. The fourth-order valence-corrected chi connectivity index (χ4v) is 5.40. The molecule has 2 aromatic heterocycles. The van der Waals surface area contributed by atoms with Crippen LogP contribution in [0.5, 0.6) is 11.6 Å². The lowest BCUT2D eigenvalue weighted by atomic mass is 9.92. The minimum atomic E-state index is -1.62. The van der Waals surface area contributed by atoms with Gasteiger partial charge in [-0.2, -0.15) is 0 Å². The third-order valence-electron chi connectivity index (χ3n) is 6.12. The normalized spacial score (nSPS) is 24.9. The molecule has 1 saturated heterocycles. The molecule has 0 amide bonds. The van der Waals surface area contributed by atoms with Crippen molar-refractivity contribution in [1.29, 1.82) is 0 Å². The second-order valence-electron chi connectivity index (χ2n) is 8.26. The second kappa shape index (κ2) is 9.19. The predicted octanol–water partition coefficient (Wildman–Crippen LogP) is 5.66. The Labute approximate surface area is 196 Å². The molecule has 0 aliphatic carbocycles. The number of nitrogens with zero attached hydrogens (tertiary/aromatic N) is 2. The van der Waals surface area contributed by atoms with Crippen LogP contribution in [-0.2, 0) is 21.9 Å². The van der Waals surface area contributed by atoms with Crippen LogP contribution in [0, 0.1) is 5.92 Å². The van der Waals surface area contributed by atoms with Crippen molar-refractivity contribution >= 4 is 21.6 Å². The minimum Gasteiger partial charge on any atom is -0.437 e. The van der Waals surface area contributed by atoms with E-state index in [0.717, 1.165) is 16.7 Å². The molecule has 0 radical (unpaired) electrons. The summed E-state index contributed by atoms with van der Waals surface area (Å²) < 4.78 is 19.3. The first-order valence-electron chi connectivity index (χ1n) is 11.1. The molecule has 0 spiro atoms. The molecule has 0 bridgehead atoms. The highest BCUT2D eigenvalue weighted by Crippen LogP contribution is 2.48. The van der Waals surface area contributed by atoms with Gasteiger partial charge in [0.2, 0.25) is 11.7 Å². The van der Waals surface area contributed by atoms with E-state index in [1.807, 2.05) is 66.0 Å². The first-order chi connectivity index (χ1) is 16.1. The van der Waals surface area contributed by atoms with Crippen molar-refractivity contribution in [2.45, 2.75) is 44.9 Å². The third kappa shape index (κ3) is 4.13. The number of aromatic nitrogens is 2. The SMILES string of the molecule is CC[C@H]1OC(O)(c2csc3c(Oc4ccccc4)ncnc23)[C@H](OCc2ccccc2)[C@@H]1C. The molecule has 1 aliphatic rings. The zero-order chi connectivity index (χ0) is 22.8. The number of para-hydroxylation sites is 1. The Morgan fingerprint density at radius 2 is 1.79 bits per heavy atom. The molecule has 170 valence electrons. The highest BCUT2D eigenvalue weighted by atomic mass is 32.1.